The molecular weight excluding hydrogens is 480 g/mol. The van der Waals surface area contributed by atoms with Crippen LogP contribution in [0.4, 0.5) is 5.82 Å². The van der Waals surface area contributed by atoms with E-state index in [1.165, 1.54) is 79.0 Å². The predicted octanol–water partition coefficient (Wildman–Crippen LogP) is 5.28. The van der Waals surface area contributed by atoms with Gasteiger partial charge in [-0.15, -0.1) is 0 Å². The average Bonchev–Trinajstić information content (AvgIpc) is 3.70. The van der Waals surface area contributed by atoms with Crippen molar-refractivity contribution in [2.75, 3.05) is 44.7 Å². The highest BCUT2D eigenvalue weighted by Gasteiger charge is 2.62. The molecule has 5 fully saturated rings. The van der Waals surface area contributed by atoms with Crippen LogP contribution < -0.4 is 4.90 Å². The Balaban J connectivity index is 0.000000146. The summed E-state index contributed by atoms with van der Waals surface area (Å²) in [7, 11) is 1.64. The summed E-state index contributed by atoms with van der Waals surface area (Å²) < 4.78 is 6.02. The number of carbonyl (C=O) groups excluding carboxylic acids is 2. The van der Waals surface area contributed by atoms with Crippen molar-refractivity contribution in [1.82, 2.24) is 14.2 Å². The molecule has 2 aromatic rings. The Morgan fingerprint density at radius 2 is 1.68 bits per heavy atom. The molecule has 37 heavy (non-hydrogen) atoms. The fraction of sp³-hybridized carbons (Fsp3) is 0.700. The van der Waals surface area contributed by atoms with E-state index in [2.05, 4.69) is 41.0 Å². The lowest BCUT2D eigenvalue weighted by molar-refractivity contribution is -0.139. The largest absolute Gasteiger partial charge is 0.353 e. The summed E-state index contributed by atoms with van der Waals surface area (Å²) in [4.78, 5) is 30.4. The Bertz CT molecular complexity index is 1120. The van der Waals surface area contributed by atoms with Crippen molar-refractivity contribution in [2.45, 2.75) is 58.3 Å². The molecule has 200 valence electrons. The lowest BCUT2D eigenvalue weighted by Crippen LogP contribution is -2.48. The molecule has 2 bridgehead atoms. The number of likely N-dealkylation sites (tertiary alicyclic amines) is 1. The van der Waals surface area contributed by atoms with E-state index < -0.39 is 0 Å². The Labute approximate surface area is 225 Å². The van der Waals surface area contributed by atoms with Crippen LogP contribution in [-0.4, -0.2) is 65.8 Å². The quantitative estimate of drug-likeness (QED) is 0.511. The highest BCUT2D eigenvalue weighted by atomic mass is 32.1. The normalized spacial score (nSPS) is 32.2. The van der Waals surface area contributed by atoms with Gasteiger partial charge in [-0.25, -0.2) is 0 Å². The third-order valence-electron chi connectivity index (χ3n) is 10.2. The van der Waals surface area contributed by atoms with Gasteiger partial charge in [-0.2, -0.15) is 4.37 Å². The zero-order valence-corrected chi connectivity index (χ0v) is 23.3. The Morgan fingerprint density at radius 1 is 0.946 bits per heavy atom. The van der Waals surface area contributed by atoms with Crippen molar-refractivity contribution < 1.29 is 9.59 Å². The maximum Gasteiger partial charge on any atom is 0.233 e. The first-order valence-corrected chi connectivity index (χ1v) is 15.5. The van der Waals surface area contributed by atoms with Crippen LogP contribution in [0.1, 0.15) is 58.3 Å². The number of fused-ring (bicyclic) bond motifs is 6. The number of imide groups is 1. The minimum atomic E-state index is 0.0474. The molecule has 1 aromatic carbocycles. The topological polar surface area (TPSA) is 56.8 Å². The molecule has 2 amide bonds. The lowest BCUT2D eigenvalue weighted by atomic mass is 9.74. The van der Waals surface area contributed by atoms with Crippen LogP contribution in [0.2, 0.25) is 0 Å². The fourth-order valence-electron chi connectivity index (χ4n) is 8.19. The van der Waals surface area contributed by atoms with Gasteiger partial charge in [0.05, 0.1) is 16.5 Å². The van der Waals surface area contributed by atoms with Gasteiger partial charge < -0.3 is 4.90 Å². The molecule has 0 spiro atoms. The number of hydrogen-bond donors (Lipinski definition) is 0. The van der Waals surface area contributed by atoms with E-state index in [0.29, 0.717) is 17.8 Å². The standard InChI is InChI=1S/C18H25N3S.C12H17NO2/c1-2-6-15(7-3-1)14-20-10-12-21(13-11-20)18-16-8-4-5-9-17(16)22-19-18;1-3-6-4-7-5-8(6)10-9(7)11(14)13(2)12(10)15/h4-5,8-9,15H,1-3,6-7,10-14H2;6-10H,3-5H2,1-2H3. The van der Waals surface area contributed by atoms with Crippen molar-refractivity contribution in [1.29, 1.82) is 0 Å². The highest BCUT2D eigenvalue weighted by molar-refractivity contribution is 7.13. The van der Waals surface area contributed by atoms with E-state index in [4.69, 9.17) is 4.37 Å². The third kappa shape index (κ3) is 4.71. The molecule has 3 heterocycles. The van der Waals surface area contributed by atoms with Gasteiger partial charge >= 0.3 is 0 Å². The summed E-state index contributed by atoms with van der Waals surface area (Å²) >= 11 is 1.63. The van der Waals surface area contributed by atoms with Gasteiger partial charge in [-0.1, -0.05) is 44.7 Å². The van der Waals surface area contributed by atoms with E-state index in [1.807, 2.05) is 0 Å². The summed E-state index contributed by atoms with van der Waals surface area (Å²) in [6.45, 7) is 8.17. The highest BCUT2D eigenvalue weighted by Crippen LogP contribution is 2.59. The zero-order valence-electron chi connectivity index (χ0n) is 22.5. The van der Waals surface area contributed by atoms with E-state index in [-0.39, 0.29) is 23.7 Å². The second-order valence-corrected chi connectivity index (χ2v) is 12.9. The van der Waals surface area contributed by atoms with Crippen LogP contribution in [0.3, 0.4) is 0 Å². The van der Waals surface area contributed by atoms with Crippen molar-refractivity contribution in [3.63, 3.8) is 0 Å². The van der Waals surface area contributed by atoms with Crippen molar-refractivity contribution in [3.05, 3.63) is 24.3 Å². The molecule has 1 aromatic heterocycles. The van der Waals surface area contributed by atoms with Gasteiger partial charge in [0.1, 0.15) is 5.82 Å². The maximum atomic E-state index is 12.0. The smallest absolute Gasteiger partial charge is 0.233 e. The van der Waals surface area contributed by atoms with Crippen LogP contribution >= 0.6 is 11.5 Å². The van der Waals surface area contributed by atoms with E-state index in [9.17, 15) is 9.59 Å². The molecule has 2 aliphatic heterocycles. The van der Waals surface area contributed by atoms with Crippen LogP contribution in [0.25, 0.3) is 10.1 Å². The van der Waals surface area contributed by atoms with Gasteiger partial charge in [0, 0.05) is 45.2 Å². The van der Waals surface area contributed by atoms with Crippen molar-refractivity contribution in [2.24, 2.45) is 35.5 Å². The molecule has 3 aliphatic carbocycles. The lowest BCUT2D eigenvalue weighted by Gasteiger charge is -2.37. The predicted molar refractivity (Wildman–Crippen MR) is 150 cm³/mol. The number of amides is 2. The first-order chi connectivity index (χ1) is 18.0. The number of benzene rings is 1. The van der Waals surface area contributed by atoms with Gasteiger partial charge in [0.2, 0.25) is 11.8 Å². The summed E-state index contributed by atoms with van der Waals surface area (Å²) in [6.07, 6.45) is 10.7. The zero-order chi connectivity index (χ0) is 25.5. The molecule has 0 radical (unpaired) electrons. The first-order valence-electron chi connectivity index (χ1n) is 14.7. The number of nitrogens with zero attached hydrogens (tertiary/aromatic N) is 4. The van der Waals surface area contributed by atoms with Crippen LogP contribution in [-0.2, 0) is 9.59 Å². The van der Waals surface area contributed by atoms with E-state index >= 15 is 0 Å². The van der Waals surface area contributed by atoms with Crippen LogP contribution in [0, 0.1) is 35.5 Å². The van der Waals surface area contributed by atoms with Crippen LogP contribution in [0.5, 0.6) is 0 Å². The number of hydrogen-bond acceptors (Lipinski definition) is 6. The molecule has 7 rings (SSSR count). The summed E-state index contributed by atoms with van der Waals surface area (Å²) in [5.41, 5.74) is 0. The number of piperazine rings is 1. The fourth-order valence-corrected chi connectivity index (χ4v) is 8.99. The van der Waals surface area contributed by atoms with Crippen molar-refractivity contribution >= 4 is 39.3 Å². The van der Waals surface area contributed by atoms with Crippen molar-refractivity contribution in [3.8, 4) is 0 Å². The number of anilines is 1. The summed E-state index contributed by atoms with van der Waals surface area (Å²) in [5.74, 6) is 4.15. The number of rotatable bonds is 4. The Hall–Kier alpha value is -1.99. The molecule has 5 unspecified atom stereocenters. The Kier molecular flexibility index (Phi) is 7.28. The SMILES string of the molecule is CCC1CC2CC1C1C(=O)N(C)C(=O)C21.c1ccc2c(N3CCN(CC4CCCCC4)CC3)nsc2c1. The number of carbonyl (C=O) groups is 2. The van der Waals surface area contributed by atoms with Crippen LogP contribution in [0.15, 0.2) is 24.3 Å². The molecule has 2 saturated heterocycles. The molecule has 7 heteroatoms. The minimum absolute atomic E-state index is 0.0474. The second-order valence-electron chi connectivity index (χ2n) is 12.1. The van der Waals surface area contributed by atoms with Gasteiger partial charge in [-0.05, 0) is 73.0 Å². The Morgan fingerprint density at radius 3 is 2.43 bits per heavy atom. The molecule has 5 atom stereocenters. The monoisotopic (exact) mass is 522 g/mol. The molecular formula is C30H42N4O2S. The molecule has 3 saturated carbocycles. The van der Waals surface area contributed by atoms with E-state index in [0.717, 1.165) is 31.8 Å². The number of aromatic nitrogens is 1. The van der Waals surface area contributed by atoms with Gasteiger partial charge in [0.15, 0.2) is 0 Å². The van der Waals surface area contributed by atoms with Gasteiger partial charge in [-0.3, -0.25) is 19.4 Å². The maximum absolute atomic E-state index is 12.0. The third-order valence-corrected chi connectivity index (χ3v) is 11.0. The molecule has 6 nitrogen and oxygen atoms in total. The average molecular weight is 523 g/mol. The molecule has 5 aliphatic rings. The summed E-state index contributed by atoms with van der Waals surface area (Å²) in [5, 5.41) is 1.33. The first kappa shape index (κ1) is 25.3. The van der Waals surface area contributed by atoms with E-state index in [1.54, 1.807) is 18.6 Å². The second kappa shape index (κ2) is 10.6. The summed E-state index contributed by atoms with van der Waals surface area (Å²) in [6, 6.07) is 8.62. The van der Waals surface area contributed by atoms with Gasteiger partial charge in [0.25, 0.3) is 0 Å². The minimum Gasteiger partial charge on any atom is -0.353 e. The molecule has 0 N–H and O–H groups in total.